The summed E-state index contributed by atoms with van der Waals surface area (Å²) in [5, 5.41) is 1.34. The molecular weight excluding hydrogens is 238 g/mol. The minimum Gasteiger partial charge on any atom is -0.340 e. The van der Waals surface area contributed by atoms with Crippen molar-refractivity contribution in [1.82, 2.24) is 4.57 Å². The summed E-state index contributed by atoms with van der Waals surface area (Å²) in [6.07, 6.45) is 1.13. The first kappa shape index (κ1) is 11.5. The molecule has 1 aromatic carbocycles. The molecule has 2 aromatic heterocycles. The fourth-order valence-corrected chi connectivity index (χ4v) is 3.36. The smallest absolute Gasteiger partial charge is 0.0572 e. The third-order valence-electron chi connectivity index (χ3n) is 3.40. The van der Waals surface area contributed by atoms with Crippen LogP contribution < -0.4 is 0 Å². The van der Waals surface area contributed by atoms with Gasteiger partial charge in [0.05, 0.1) is 6.54 Å². The van der Waals surface area contributed by atoms with Crippen LogP contribution in [0, 0.1) is 6.92 Å². The monoisotopic (exact) mass is 255 g/mol. The number of nitrogens with zero attached hydrogens (tertiary/aromatic N) is 1. The molecule has 0 saturated heterocycles. The van der Waals surface area contributed by atoms with E-state index >= 15 is 0 Å². The molecule has 2 heteroatoms. The zero-order valence-electron chi connectivity index (χ0n) is 10.8. The Labute approximate surface area is 112 Å². The molecule has 0 unspecified atom stereocenters. The van der Waals surface area contributed by atoms with E-state index in [4.69, 9.17) is 0 Å². The summed E-state index contributed by atoms with van der Waals surface area (Å²) in [5.74, 6) is 0. The fraction of sp³-hybridized carbons (Fsp3) is 0.250. The molecular formula is C16H17NS. The lowest BCUT2D eigenvalue weighted by Crippen LogP contribution is -1.99. The summed E-state index contributed by atoms with van der Waals surface area (Å²) in [6.45, 7) is 5.39. The molecule has 0 bridgehead atoms. The number of hydrogen-bond donors (Lipinski definition) is 0. The molecule has 1 nitrogen and oxygen atoms in total. The van der Waals surface area contributed by atoms with Gasteiger partial charge in [-0.2, -0.15) is 0 Å². The van der Waals surface area contributed by atoms with Gasteiger partial charge in [0.15, 0.2) is 0 Å². The molecule has 18 heavy (non-hydrogen) atoms. The second-order valence-electron chi connectivity index (χ2n) is 4.65. The van der Waals surface area contributed by atoms with Gasteiger partial charge in [0.1, 0.15) is 0 Å². The number of rotatable bonds is 3. The lowest BCUT2D eigenvalue weighted by atomic mass is 10.2. The Bertz CT molecular complexity index is 675. The highest BCUT2D eigenvalue weighted by atomic mass is 32.1. The molecule has 3 rings (SSSR count). The maximum atomic E-state index is 2.40. The van der Waals surface area contributed by atoms with E-state index in [1.54, 1.807) is 0 Å². The van der Waals surface area contributed by atoms with E-state index in [0.717, 1.165) is 13.0 Å². The minimum atomic E-state index is 0.990. The lowest BCUT2D eigenvalue weighted by molar-refractivity contribution is 0.817. The first-order valence-electron chi connectivity index (χ1n) is 6.40. The Kier molecular flexibility index (Phi) is 2.96. The van der Waals surface area contributed by atoms with Gasteiger partial charge >= 0.3 is 0 Å². The van der Waals surface area contributed by atoms with Gasteiger partial charge in [0.25, 0.3) is 0 Å². The fourth-order valence-electron chi connectivity index (χ4n) is 2.41. The van der Waals surface area contributed by atoms with Gasteiger partial charge in [0, 0.05) is 21.0 Å². The second-order valence-corrected chi connectivity index (χ2v) is 5.91. The molecule has 92 valence electrons. The SMILES string of the molecule is CCc1ccc(Cn2c(C)cc3ccccc32)s1. The van der Waals surface area contributed by atoms with Crippen LogP contribution in [0.4, 0.5) is 0 Å². The molecule has 0 aliphatic carbocycles. The maximum Gasteiger partial charge on any atom is 0.0572 e. The lowest BCUT2D eigenvalue weighted by Gasteiger charge is -2.06. The Morgan fingerprint density at radius 3 is 2.61 bits per heavy atom. The van der Waals surface area contributed by atoms with Gasteiger partial charge in [-0.05, 0) is 43.0 Å². The van der Waals surface area contributed by atoms with Crippen molar-refractivity contribution in [2.24, 2.45) is 0 Å². The Morgan fingerprint density at radius 1 is 1.06 bits per heavy atom. The van der Waals surface area contributed by atoms with Gasteiger partial charge in [-0.15, -0.1) is 11.3 Å². The average Bonchev–Trinajstić information content (AvgIpc) is 2.96. The predicted molar refractivity (Wildman–Crippen MR) is 79.5 cm³/mol. The van der Waals surface area contributed by atoms with Crippen LogP contribution in [0.1, 0.15) is 22.4 Å². The summed E-state index contributed by atoms with van der Waals surface area (Å²) >= 11 is 1.93. The van der Waals surface area contributed by atoms with Gasteiger partial charge in [0.2, 0.25) is 0 Å². The van der Waals surface area contributed by atoms with Crippen molar-refractivity contribution in [2.45, 2.75) is 26.8 Å². The van der Waals surface area contributed by atoms with Crippen LogP contribution >= 0.6 is 11.3 Å². The molecule has 0 aliphatic rings. The summed E-state index contributed by atoms with van der Waals surface area (Å²) < 4.78 is 2.40. The molecule has 0 N–H and O–H groups in total. The molecule has 2 heterocycles. The minimum absolute atomic E-state index is 0.990. The zero-order chi connectivity index (χ0) is 12.5. The van der Waals surface area contributed by atoms with E-state index in [1.165, 1.54) is 26.4 Å². The van der Waals surface area contributed by atoms with Crippen molar-refractivity contribution in [3.05, 3.63) is 57.9 Å². The molecule has 0 atom stereocenters. The number of para-hydroxylation sites is 1. The quantitative estimate of drug-likeness (QED) is 0.643. The zero-order valence-corrected chi connectivity index (χ0v) is 11.6. The normalized spacial score (nSPS) is 11.2. The van der Waals surface area contributed by atoms with E-state index in [-0.39, 0.29) is 0 Å². The van der Waals surface area contributed by atoms with Crippen LogP contribution in [0.3, 0.4) is 0 Å². The van der Waals surface area contributed by atoms with Crippen LogP contribution in [-0.2, 0) is 13.0 Å². The van der Waals surface area contributed by atoms with Crippen molar-refractivity contribution >= 4 is 22.2 Å². The highest BCUT2D eigenvalue weighted by Crippen LogP contribution is 2.23. The van der Waals surface area contributed by atoms with Crippen LogP contribution in [0.15, 0.2) is 42.5 Å². The van der Waals surface area contributed by atoms with E-state index in [1.807, 2.05) is 11.3 Å². The number of aromatic nitrogens is 1. The summed E-state index contributed by atoms with van der Waals surface area (Å²) in [6, 6.07) is 15.4. The molecule has 0 saturated carbocycles. The summed E-state index contributed by atoms with van der Waals surface area (Å²) in [4.78, 5) is 2.91. The highest BCUT2D eigenvalue weighted by molar-refractivity contribution is 7.11. The van der Waals surface area contributed by atoms with Crippen molar-refractivity contribution < 1.29 is 0 Å². The van der Waals surface area contributed by atoms with E-state index in [9.17, 15) is 0 Å². The number of benzene rings is 1. The molecule has 0 spiro atoms. The Balaban J connectivity index is 2.01. The third-order valence-corrected chi connectivity index (χ3v) is 4.61. The standard InChI is InChI=1S/C16H17NS/c1-3-14-8-9-15(18-14)11-17-12(2)10-13-6-4-5-7-16(13)17/h4-10H,3,11H2,1-2H3. The molecule has 0 amide bonds. The van der Waals surface area contributed by atoms with Crippen LogP contribution in [0.25, 0.3) is 10.9 Å². The largest absolute Gasteiger partial charge is 0.340 e. The van der Waals surface area contributed by atoms with Crippen molar-refractivity contribution in [1.29, 1.82) is 0 Å². The molecule has 3 aromatic rings. The number of fused-ring (bicyclic) bond motifs is 1. The number of hydrogen-bond acceptors (Lipinski definition) is 1. The molecule has 0 aliphatic heterocycles. The Hall–Kier alpha value is -1.54. The Morgan fingerprint density at radius 2 is 1.83 bits per heavy atom. The van der Waals surface area contributed by atoms with Crippen molar-refractivity contribution in [3.8, 4) is 0 Å². The van der Waals surface area contributed by atoms with Crippen LogP contribution in [0.5, 0.6) is 0 Å². The van der Waals surface area contributed by atoms with Crippen molar-refractivity contribution in [2.75, 3.05) is 0 Å². The van der Waals surface area contributed by atoms with Crippen LogP contribution in [-0.4, -0.2) is 4.57 Å². The predicted octanol–water partition coefficient (Wildman–Crippen LogP) is 4.62. The molecule has 0 radical (unpaired) electrons. The summed E-state index contributed by atoms with van der Waals surface area (Å²) in [7, 11) is 0. The topological polar surface area (TPSA) is 4.93 Å². The van der Waals surface area contributed by atoms with Crippen molar-refractivity contribution in [3.63, 3.8) is 0 Å². The van der Waals surface area contributed by atoms with Gasteiger partial charge in [-0.25, -0.2) is 0 Å². The molecule has 0 fully saturated rings. The van der Waals surface area contributed by atoms with E-state index in [0.29, 0.717) is 0 Å². The third kappa shape index (κ3) is 1.97. The van der Waals surface area contributed by atoms with Crippen LogP contribution in [0.2, 0.25) is 0 Å². The number of aryl methyl sites for hydroxylation is 2. The second kappa shape index (κ2) is 4.62. The maximum absolute atomic E-state index is 2.40. The summed E-state index contributed by atoms with van der Waals surface area (Å²) in [5.41, 5.74) is 2.67. The number of thiophene rings is 1. The van der Waals surface area contributed by atoms with Gasteiger partial charge in [-0.1, -0.05) is 25.1 Å². The first-order valence-corrected chi connectivity index (χ1v) is 7.22. The first-order chi connectivity index (χ1) is 8.78. The van der Waals surface area contributed by atoms with Gasteiger partial charge in [-0.3, -0.25) is 0 Å². The van der Waals surface area contributed by atoms with Gasteiger partial charge < -0.3 is 4.57 Å². The van der Waals surface area contributed by atoms with E-state index < -0.39 is 0 Å². The van der Waals surface area contributed by atoms with E-state index in [2.05, 4.69) is 60.9 Å². The highest BCUT2D eigenvalue weighted by Gasteiger charge is 2.06. The average molecular weight is 255 g/mol.